The summed E-state index contributed by atoms with van der Waals surface area (Å²) in [6, 6.07) is 8.58. The van der Waals surface area contributed by atoms with Crippen LogP contribution in [-0.2, 0) is 6.54 Å². The fourth-order valence-corrected chi connectivity index (χ4v) is 2.25. The standard InChI is InChI=1S/C16H22N4O3/c1-12(11-20-9-5-8-18-20)19-16(22)17-10-14(21)13-6-3-4-7-15(13)23-2/h3-9,12,14,21H,10-11H2,1-2H3,(H2,17,19,22)/t12-,14+/m1/s1. The van der Waals surface area contributed by atoms with E-state index in [2.05, 4.69) is 15.7 Å². The van der Waals surface area contributed by atoms with E-state index in [-0.39, 0.29) is 18.6 Å². The average Bonchev–Trinajstić information content (AvgIpc) is 3.05. The van der Waals surface area contributed by atoms with Gasteiger partial charge in [-0.1, -0.05) is 18.2 Å². The molecule has 0 unspecified atom stereocenters. The number of carbonyl (C=O) groups is 1. The first kappa shape index (κ1) is 16.8. The van der Waals surface area contributed by atoms with Gasteiger partial charge in [-0.2, -0.15) is 5.10 Å². The van der Waals surface area contributed by atoms with Crippen molar-refractivity contribution in [2.24, 2.45) is 0 Å². The monoisotopic (exact) mass is 318 g/mol. The van der Waals surface area contributed by atoms with Crippen molar-refractivity contribution in [1.29, 1.82) is 0 Å². The number of aromatic nitrogens is 2. The number of amides is 2. The third-order valence-electron chi connectivity index (χ3n) is 3.35. The summed E-state index contributed by atoms with van der Waals surface area (Å²) in [7, 11) is 1.54. The molecule has 0 saturated carbocycles. The molecule has 0 radical (unpaired) electrons. The third-order valence-corrected chi connectivity index (χ3v) is 3.35. The SMILES string of the molecule is COc1ccccc1[C@@H](O)CNC(=O)N[C@H](C)Cn1cccn1. The van der Waals surface area contributed by atoms with E-state index < -0.39 is 6.10 Å². The van der Waals surface area contributed by atoms with Gasteiger partial charge in [0, 0.05) is 30.5 Å². The Kier molecular flexibility index (Phi) is 5.99. The molecule has 2 atom stereocenters. The Morgan fingerprint density at radius 3 is 2.87 bits per heavy atom. The molecule has 0 bridgehead atoms. The van der Waals surface area contributed by atoms with E-state index in [0.29, 0.717) is 17.9 Å². The predicted octanol–water partition coefficient (Wildman–Crippen LogP) is 1.31. The molecule has 0 aliphatic heterocycles. The highest BCUT2D eigenvalue weighted by Gasteiger charge is 2.14. The van der Waals surface area contributed by atoms with Gasteiger partial charge in [0.25, 0.3) is 0 Å². The van der Waals surface area contributed by atoms with Gasteiger partial charge in [-0.05, 0) is 19.1 Å². The van der Waals surface area contributed by atoms with Gasteiger partial charge in [0.2, 0.25) is 0 Å². The average molecular weight is 318 g/mol. The van der Waals surface area contributed by atoms with Crippen molar-refractivity contribution in [3.8, 4) is 5.75 Å². The van der Waals surface area contributed by atoms with Crippen LogP contribution in [0.3, 0.4) is 0 Å². The fraction of sp³-hybridized carbons (Fsp3) is 0.375. The minimum absolute atomic E-state index is 0.0849. The molecule has 23 heavy (non-hydrogen) atoms. The summed E-state index contributed by atoms with van der Waals surface area (Å²) in [6.45, 7) is 2.56. The Bertz CT molecular complexity index is 616. The van der Waals surface area contributed by atoms with Gasteiger partial charge in [-0.3, -0.25) is 4.68 Å². The van der Waals surface area contributed by atoms with Gasteiger partial charge in [0.15, 0.2) is 0 Å². The summed E-state index contributed by atoms with van der Waals surface area (Å²) in [5.41, 5.74) is 0.639. The zero-order chi connectivity index (χ0) is 16.7. The van der Waals surface area contributed by atoms with Crippen LogP contribution >= 0.6 is 0 Å². The highest BCUT2D eigenvalue weighted by atomic mass is 16.5. The van der Waals surface area contributed by atoms with Crippen molar-refractivity contribution in [2.45, 2.75) is 25.6 Å². The molecule has 0 spiro atoms. The predicted molar refractivity (Wildman–Crippen MR) is 86.2 cm³/mol. The van der Waals surface area contributed by atoms with E-state index in [4.69, 9.17) is 4.74 Å². The smallest absolute Gasteiger partial charge is 0.315 e. The van der Waals surface area contributed by atoms with E-state index in [1.165, 1.54) is 0 Å². The molecule has 7 nitrogen and oxygen atoms in total. The van der Waals surface area contributed by atoms with Crippen molar-refractivity contribution in [1.82, 2.24) is 20.4 Å². The molecule has 0 aliphatic rings. The number of aliphatic hydroxyl groups excluding tert-OH is 1. The van der Waals surface area contributed by atoms with Crippen LogP contribution in [0.1, 0.15) is 18.6 Å². The van der Waals surface area contributed by atoms with Crippen molar-refractivity contribution in [3.63, 3.8) is 0 Å². The number of hydrogen-bond acceptors (Lipinski definition) is 4. The summed E-state index contributed by atoms with van der Waals surface area (Å²) in [6.07, 6.45) is 2.69. The largest absolute Gasteiger partial charge is 0.496 e. The molecule has 2 rings (SSSR count). The summed E-state index contributed by atoms with van der Waals surface area (Å²) in [5.74, 6) is 0.592. The second kappa shape index (κ2) is 8.19. The zero-order valence-corrected chi connectivity index (χ0v) is 13.3. The van der Waals surface area contributed by atoms with Gasteiger partial charge in [-0.15, -0.1) is 0 Å². The Morgan fingerprint density at radius 1 is 1.39 bits per heavy atom. The maximum Gasteiger partial charge on any atom is 0.315 e. The highest BCUT2D eigenvalue weighted by molar-refractivity contribution is 5.74. The van der Waals surface area contributed by atoms with E-state index in [0.717, 1.165) is 0 Å². The maximum atomic E-state index is 11.9. The number of nitrogens with zero attached hydrogens (tertiary/aromatic N) is 2. The van der Waals surface area contributed by atoms with Crippen molar-refractivity contribution in [2.75, 3.05) is 13.7 Å². The second-order valence-corrected chi connectivity index (χ2v) is 5.24. The van der Waals surface area contributed by atoms with E-state index in [1.807, 2.05) is 31.3 Å². The van der Waals surface area contributed by atoms with Gasteiger partial charge in [0.05, 0.1) is 19.8 Å². The number of methoxy groups -OCH3 is 1. The minimum atomic E-state index is -0.835. The number of benzene rings is 1. The van der Waals surface area contributed by atoms with Crippen molar-refractivity contribution >= 4 is 6.03 Å². The number of hydrogen-bond donors (Lipinski definition) is 3. The van der Waals surface area contributed by atoms with Crippen LogP contribution in [0, 0.1) is 0 Å². The lowest BCUT2D eigenvalue weighted by molar-refractivity contribution is 0.168. The van der Waals surface area contributed by atoms with Gasteiger partial charge in [0.1, 0.15) is 5.75 Å². The number of ether oxygens (including phenoxy) is 1. The summed E-state index contributed by atoms with van der Waals surface area (Å²) in [4.78, 5) is 11.9. The van der Waals surface area contributed by atoms with Crippen LogP contribution in [0.4, 0.5) is 4.79 Å². The molecule has 7 heteroatoms. The molecule has 124 valence electrons. The Labute approximate surface area is 135 Å². The van der Waals surface area contributed by atoms with Gasteiger partial charge in [-0.25, -0.2) is 4.79 Å². The molecule has 3 N–H and O–H groups in total. The van der Waals surface area contributed by atoms with Crippen LogP contribution in [0.5, 0.6) is 5.75 Å². The van der Waals surface area contributed by atoms with Crippen LogP contribution in [-0.4, -0.2) is 40.6 Å². The quantitative estimate of drug-likeness (QED) is 0.718. The molecule has 1 heterocycles. The van der Waals surface area contributed by atoms with Crippen molar-refractivity contribution < 1.29 is 14.6 Å². The van der Waals surface area contributed by atoms with Crippen LogP contribution in [0.25, 0.3) is 0 Å². The highest BCUT2D eigenvalue weighted by Crippen LogP contribution is 2.23. The first-order valence-corrected chi connectivity index (χ1v) is 7.43. The first-order chi connectivity index (χ1) is 11.1. The molecule has 2 amide bonds. The lowest BCUT2D eigenvalue weighted by Crippen LogP contribution is -2.43. The van der Waals surface area contributed by atoms with Gasteiger partial charge < -0.3 is 20.5 Å². The Hall–Kier alpha value is -2.54. The Balaban J connectivity index is 1.79. The molecule has 0 aliphatic carbocycles. The topological polar surface area (TPSA) is 88.4 Å². The minimum Gasteiger partial charge on any atom is -0.496 e. The van der Waals surface area contributed by atoms with Gasteiger partial charge >= 0.3 is 6.03 Å². The summed E-state index contributed by atoms with van der Waals surface area (Å²) < 4.78 is 6.94. The summed E-state index contributed by atoms with van der Waals surface area (Å²) >= 11 is 0. The number of rotatable bonds is 7. The number of para-hydroxylation sites is 1. The van der Waals surface area contributed by atoms with Crippen LogP contribution in [0.15, 0.2) is 42.7 Å². The van der Waals surface area contributed by atoms with Crippen LogP contribution in [0.2, 0.25) is 0 Å². The number of aliphatic hydroxyl groups is 1. The Morgan fingerprint density at radius 2 is 2.17 bits per heavy atom. The summed E-state index contributed by atoms with van der Waals surface area (Å²) in [5, 5.41) is 19.7. The van der Waals surface area contributed by atoms with E-state index in [9.17, 15) is 9.90 Å². The molecular weight excluding hydrogens is 296 g/mol. The van der Waals surface area contributed by atoms with E-state index >= 15 is 0 Å². The molecule has 2 aromatic rings. The lowest BCUT2D eigenvalue weighted by Gasteiger charge is -2.18. The third kappa shape index (κ3) is 5.00. The molecule has 0 saturated heterocycles. The normalized spacial score (nSPS) is 13.2. The van der Waals surface area contributed by atoms with Crippen LogP contribution < -0.4 is 15.4 Å². The number of carbonyl (C=O) groups excluding carboxylic acids is 1. The molecule has 1 aromatic carbocycles. The number of urea groups is 1. The van der Waals surface area contributed by atoms with Crippen molar-refractivity contribution in [3.05, 3.63) is 48.3 Å². The van der Waals surface area contributed by atoms with E-state index in [1.54, 1.807) is 30.1 Å². The zero-order valence-electron chi connectivity index (χ0n) is 13.3. The lowest BCUT2D eigenvalue weighted by atomic mass is 10.1. The first-order valence-electron chi connectivity index (χ1n) is 7.43. The molecule has 1 aromatic heterocycles. The second-order valence-electron chi connectivity index (χ2n) is 5.24. The molecule has 0 fully saturated rings. The fourth-order valence-electron chi connectivity index (χ4n) is 2.25. The molecular formula is C16H22N4O3. The number of nitrogens with one attached hydrogen (secondary N) is 2. The maximum absolute atomic E-state index is 11.9.